The molecule has 0 saturated carbocycles. The second-order valence-corrected chi connectivity index (χ2v) is 6.24. The summed E-state index contributed by atoms with van der Waals surface area (Å²) < 4.78 is 2.77. The standard InChI is InChI=1S/C13H12BrN5S/c1-19-13-10(6-16-19)12(15)17-11(18-13)7-20-9-4-2-3-8(14)5-9/h2-6H,7H2,1H3,(H2,15,17,18). The molecule has 0 aliphatic rings. The maximum atomic E-state index is 5.94. The molecule has 20 heavy (non-hydrogen) atoms. The molecule has 2 heterocycles. The molecule has 0 atom stereocenters. The number of rotatable bonds is 3. The van der Waals surface area contributed by atoms with Crippen LogP contribution in [0.25, 0.3) is 11.0 Å². The fourth-order valence-corrected chi connectivity index (χ4v) is 3.22. The summed E-state index contributed by atoms with van der Waals surface area (Å²) in [5, 5.41) is 4.94. The highest BCUT2D eigenvalue weighted by Crippen LogP contribution is 2.25. The van der Waals surface area contributed by atoms with E-state index in [-0.39, 0.29) is 0 Å². The van der Waals surface area contributed by atoms with Crippen molar-refractivity contribution in [1.29, 1.82) is 0 Å². The number of anilines is 1. The highest BCUT2D eigenvalue weighted by Gasteiger charge is 2.09. The summed E-state index contributed by atoms with van der Waals surface area (Å²) in [6.45, 7) is 0. The van der Waals surface area contributed by atoms with Gasteiger partial charge in [-0.25, -0.2) is 9.97 Å². The Morgan fingerprint density at radius 3 is 3.00 bits per heavy atom. The molecule has 102 valence electrons. The fraction of sp³-hybridized carbons (Fsp3) is 0.154. The SMILES string of the molecule is Cn1ncc2c(N)nc(CSc3cccc(Br)c3)nc21. The predicted octanol–water partition coefficient (Wildman–Crippen LogP) is 3.00. The van der Waals surface area contributed by atoms with Crippen LogP contribution in [0.4, 0.5) is 5.82 Å². The number of nitrogens with two attached hydrogens (primary N) is 1. The molecule has 0 aliphatic heterocycles. The van der Waals surface area contributed by atoms with Crippen LogP contribution in [-0.4, -0.2) is 19.7 Å². The molecule has 0 radical (unpaired) electrons. The molecule has 1 aromatic carbocycles. The normalized spacial score (nSPS) is 11.1. The van der Waals surface area contributed by atoms with Gasteiger partial charge in [0.1, 0.15) is 11.6 Å². The van der Waals surface area contributed by atoms with E-state index >= 15 is 0 Å². The van der Waals surface area contributed by atoms with Crippen molar-refractivity contribution >= 4 is 44.5 Å². The van der Waals surface area contributed by atoms with Crippen molar-refractivity contribution in [3.8, 4) is 0 Å². The lowest BCUT2D eigenvalue weighted by Gasteiger charge is -2.04. The van der Waals surface area contributed by atoms with Gasteiger partial charge in [0.2, 0.25) is 0 Å². The average molecular weight is 350 g/mol. The van der Waals surface area contributed by atoms with E-state index in [2.05, 4.69) is 43.1 Å². The smallest absolute Gasteiger partial charge is 0.163 e. The Bertz CT molecular complexity index is 771. The monoisotopic (exact) mass is 349 g/mol. The van der Waals surface area contributed by atoms with Crippen LogP contribution in [0, 0.1) is 0 Å². The molecule has 0 spiro atoms. The zero-order valence-corrected chi connectivity index (χ0v) is 13.1. The van der Waals surface area contributed by atoms with E-state index in [0.29, 0.717) is 17.4 Å². The summed E-state index contributed by atoms with van der Waals surface area (Å²) in [5.74, 6) is 1.86. The zero-order chi connectivity index (χ0) is 14.1. The van der Waals surface area contributed by atoms with Gasteiger partial charge in [-0.2, -0.15) is 5.10 Å². The lowest BCUT2D eigenvalue weighted by molar-refractivity contribution is 0.782. The van der Waals surface area contributed by atoms with Gasteiger partial charge in [0, 0.05) is 16.4 Å². The van der Waals surface area contributed by atoms with Gasteiger partial charge in [-0.1, -0.05) is 22.0 Å². The minimum absolute atomic E-state index is 0.480. The summed E-state index contributed by atoms with van der Waals surface area (Å²) in [5.41, 5.74) is 6.71. The molecule has 2 aromatic heterocycles. The first kappa shape index (κ1) is 13.4. The van der Waals surface area contributed by atoms with Crippen molar-refractivity contribution in [2.45, 2.75) is 10.6 Å². The average Bonchev–Trinajstić information content (AvgIpc) is 2.79. The quantitative estimate of drug-likeness (QED) is 0.736. The molecule has 3 rings (SSSR count). The third-order valence-electron chi connectivity index (χ3n) is 2.83. The molecule has 0 unspecified atom stereocenters. The molecule has 7 heteroatoms. The van der Waals surface area contributed by atoms with Crippen LogP contribution in [0.5, 0.6) is 0 Å². The van der Waals surface area contributed by atoms with Crippen LogP contribution < -0.4 is 5.73 Å². The molecule has 3 aromatic rings. The maximum Gasteiger partial charge on any atom is 0.163 e. The van der Waals surface area contributed by atoms with E-state index in [0.717, 1.165) is 20.4 Å². The highest BCUT2D eigenvalue weighted by molar-refractivity contribution is 9.10. The number of aryl methyl sites for hydroxylation is 1. The maximum absolute atomic E-state index is 5.94. The van der Waals surface area contributed by atoms with Gasteiger partial charge in [0.05, 0.1) is 17.3 Å². The van der Waals surface area contributed by atoms with Crippen LogP contribution in [-0.2, 0) is 12.8 Å². The zero-order valence-electron chi connectivity index (χ0n) is 10.7. The molecule has 5 nitrogen and oxygen atoms in total. The predicted molar refractivity (Wildman–Crippen MR) is 84.4 cm³/mol. The summed E-state index contributed by atoms with van der Waals surface area (Å²) in [4.78, 5) is 10.0. The number of halogens is 1. The van der Waals surface area contributed by atoms with Crippen molar-refractivity contribution in [3.63, 3.8) is 0 Å². The highest BCUT2D eigenvalue weighted by atomic mass is 79.9. The second kappa shape index (κ2) is 5.41. The van der Waals surface area contributed by atoms with Crippen molar-refractivity contribution in [1.82, 2.24) is 19.7 Å². The third-order valence-corrected chi connectivity index (χ3v) is 4.31. The number of thioether (sulfide) groups is 1. The Morgan fingerprint density at radius 2 is 2.20 bits per heavy atom. The number of nitrogens with zero attached hydrogens (tertiary/aromatic N) is 4. The molecule has 0 amide bonds. The van der Waals surface area contributed by atoms with Crippen LogP contribution in [0.3, 0.4) is 0 Å². The van der Waals surface area contributed by atoms with Gasteiger partial charge in [-0.3, -0.25) is 4.68 Å². The molecule has 0 bridgehead atoms. The number of fused-ring (bicyclic) bond motifs is 1. The molecule has 0 aliphatic carbocycles. The van der Waals surface area contributed by atoms with Gasteiger partial charge in [-0.05, 0) is 18.2 Å². The van der Waals surface area contributed by atoms with Crippen LogP contribution in [0.15, 0.2) is 39.8 Å². The number of benzene rings is 1. The second-order valence-electron chi connectivity index (χ2n) is 4.28. The summed E-state index contributed by atoms with van der Waals surface area (Å²) in [6, 6.07) is 8.13. The van der Waals surface area contributed by atoms with E-state index in [1.807, 2.05) is 19.2 Å². The van der Waals surface area contributed by atoms with Crippen LogP contribution in [0.2, 0.25) is 0 Å². The van der Waals surface area contributed by atoms with Gasteiger partial charge in [-0.15, -0.1) is 11.8 Å². The van der Waals surface area contributed by atoms with E-state index in [4.69, 9.17) is 5.73 Å². The minimum atomic E-state index is 0.480. The van der Waals surface area contributed by atoms with Gasteiger partial charge >= 0.3 is 0 Å². The van der Waals surface area contributed by atoms with Crippen molar-refractivity contribution in [2.24, 2.45) is 7.05 Å². The van der Waals surface area contributed by atoms with E-state index < -0.39 is 0 Å². The Labute approximate surface area is 128 Å². The lowest BCUT2D eigenvalue weighted by Crippen LogP contribution is -2.01. The van der Waals surface area contributed by atoms with Crippen molar-refractivity contribution in [2.75, 3.05) is 5.73 Å². The summed E-state index contributed by atoms with van der Waals surface area (Å²) in [6.07, 6.45) is 1.69. The van der Waals surface area contributed by atoms with Crippen LogP contribution >= 0.6 is 27.7 Å². The van der Waals surface area contributed by atoms with E-state index in [1.54, 1.807) is 22.6 Å². The fourth-order valence-electron chi connectivity index (χ4n) is 1.86. The van der Waals surface area contributed by atoms with Crippen molar-refractivity contribution in [3.05, 3.63) is 40.8 Å². The van der Waals surface area contributed by atoms with Gasteiger partial charge in [0.25, 0.3) is 0 Å². The Kier molecular flexibility index (Phi) is 3.62. The first-order valence-electron chi connectivity index (χ1n) is 5.96. The number of nitrogen functional groups attached to an aromatic ring is 1. The number of hydrogen-bond acceptors (Lipinski definition) is 5. The Hall–Kier alpha value is -1.60. The molecular formula is C13H12BrN5S. The molecule has 2 N–H and O–H groups in total. The first-order chi connectivity index (χ1) is 9.63. The first-order valence-corrected chi connectivity index (χ1v) is 7.74. The van der Waals surface area contributed by atoms with Crippen LogP contribution in [0.1, 0.15) is 5.82 Å². The Balaban J connectivity index is 1.86. The number of hydrogen-bond donors (Lipinski definition) is 1. The number of aromatic nitrogens is 4. The minimum Gasteiger partial charge on any atom is -0.383 e. The largest absolute Gasteiger partial charge is 0.383 e. The van der Waals surface area contributed by atoms with Gasteiger partial charge in [0.15, 0.2) is 5.65 Å². The molecule has 0 saturated heterocycles. The molecular weight excluding hydrogens is 338 g/mol. The summed E-state index contributed by atoms with van der Waals surface area (Å²) >= 11 is 5.13. The summed E-state index contributed by atoms with van der Waals surface area (Å²) in [7, 11) is 1.85. The van der Waals surface area contributed by atoms with Gasteiger partial charge < -0.3 is 5.73 Å². The van der Waals surface area contributed by atoms with Crippen molar-refractivity contribution < 1.29 is 0 Å². The van der Waals surface area contributed by atoms with E-state index in [1.165, 1.54) is 0 Å². The molecule has 0 fully saturated rings. The van der Waals surface area contributed by atoms with E-state index in [9.17, 15) is 0 Å². The third kappa shape index (κ3) is 2.64. The lowest BCUT2D eigenvalue weighted by atomic mass is 10.4. The topological polar surface area (TPSA) is 69.6 Å². The Morgan fingerprint density at radius 1 is 1.35 bits per heavy atom.